The van der Waals surface area contributed by atoms with Crippen molar-refractivity contribution in [2.24, 2.45) is 0 Å². The number of fused-ring (bicyclic) bond motifs is 2. The van der Waals surface area contributed by atoms with Gasteiger partial charge in [0.1, 0.15) is 0 Å². The van der Waals surface area contributed by atoms with Crippen molar-refractivity contribution in [3.8, 4) is 0 Å². The summed E-state index contributed by atoms with van der Waals surface area (Å²) in [6, 6.07) is 7.75. The molecule has 136 valence electrons. The summed E-state index contributed by atoms with van der Waals surface area (Å²) < 4.78 is 0. The highest BCUT2D eigenvalue weighted by Crippen LogP contribution is 2.17. The van der Waals surface area contributed by atoms with E-state index >= 15 is 0 Å². The third-order valence-corrected chi connectivity index (χ3v) is 4.79. The summed E-state index contributed by atoms with van der Waals surface area (Å²) in [4.78, 5) is 30.2. The number of hydrogen-bond acceptors (Lipinski definition) is 3. The Morgan fingerprint density at radius 2 is 1.88 bits per heavy atom. The molecule has 26 heavy (non-hydrogen) atoms. The van der Waals surface area contributed by atoms with Gasteiger partial charge in [0.25, 0.3) is 11.5 Å². The van der Waals surface area contributed by atoms with Gasteiger partial charge >= 0.3 is 0 Å². The number of allylic oxidation sites excluding steroid dienone is 1. The quantitative estimate of drug-likeness (QED) is 0.717. The molecule has 0 spiro atoms. The predicted molar refractivity (Wildman–Crippen MR) is 103 cm³/mol. The number of aromatic nitrogens is 1. The number of rotatable bonds is 0. The van der Waals surface area contributed by atoms with Gasteiger partial charge in [0, 0.05) is 36.5 Å². The van der Waals surface area contributed by atoms with Gasteiger partial charge in [0.05, 0.1) is 0 Å². The standard InChI is InChI=1S/C21H25N3O2/c1-14-7-6-9-18-17(14)8-4-5-10-24(3)13-16-11-15(2)23-21(26)19(16)12-22-20(18)25/h4-7,9,11H,8,10,12-13H2,1-3H3,(H,22,25)(H,23,26)/b5-4+. The molecule has 0 saturated heterocycles. The SMILES string of the molecule is Cc1cc2c(c(=O)[nH]1)CNC(=O)c1cccc(C)c1C/C=C/CN(C)C2. The Labute approximate surface area is 153 Å². The Bertz CT molecular complexity index is 912. The molecule has 0 aliphatic carbocycles. The number of nitrogens with one attached hydrogen (secondary N) is 2. The lowest BCUT2D eigenvalue weighted by Crippen LogP contribution is -2.30. The number of amides is 1. The zero-order valence-corrected chi connectivity index (χ0v) is 15.6. The number of nitrogens with zero attached hydrogens (tertiary/aromatic N) is 1. The lowest BCUT2D eigenvalue weighted by Gasteiger charge is -2.17. The Kier molecular flexibility index (Phi) is 5.38. The first kappa shape index (κ1) is 18.1. The van der Waals surface area contributed by atoms with Gasteiger partial charge in [0.2, 0.25) is 0 Å². The number of benzene rings is 1. The maximum atomic E-state index is 12.8. The van der Waals surface area contributed by atoms with Crippen molar-refractivity contribution in [1.82, 2.24) is 15.2 Å². The first-order chi connectivity index (χ1) is 12.5. The minimum Gasteiger partial charge on any atom is -0.348 e. The molecule has 5 heteroatoms. The third-order valence-electron chi connectivity index (χ3n) is 4.79. The fraction of sp³-hybridized carbons (Fsp3) is 0.333. The molecule has 2 N–H and O–H groups in total. The fourth-order valence-corrected chi connectivity index (χ4v) is 3.38. The normalized spacial score (nSPS) is 17.1. The van der Waals surface area contributed by atoms with Crippen LogP contribution in [-0.2, 0) is 19.5 Å². The van der Waals surface area contributed by atoms with Crippen LogP contribution in [0.25, 0.3) is 0 Å². The van der Waals surface area contributed by atoms with E-state index in [4.69, 9.17) is 0 Å². The van der Waals surface area contributed by atoms with E-state index in [1.165, 1.54) is 0 Å². The molecular formula is C21H25N3O2. The number of carbonyl (C=O) groups excluding carboxylic acids is 1. The van der Waals surface area contributed by atoms with Crippen LogP contribution < -0.4 is 10.9 Å². The van der Waals surface area contributed by atoms with Crippen molar-refractivity contribution < 1.29 is 4.79 Å². The fourth-order valence-electron chi connectivity index (χ4n) is 3.38. The summed E-state index contributed by atoms with van der Waals surface area (Å²) in [5, 5.41) is 2.93. The second-order valence-corrected chi connectivity index (χ2v) is 6.94. The second-order valence-electron chi connectivity index (χ2n) is 6.94. The van der Waals surface area contributed by atoms with Crippen molar-refractivity contribution in [2.45, 2.75) is 33.4 Å². The van der Waals surface area contributed by atoms with Crippen molar-refractivity contribution in [3.63, 3.8) is 0 Å². The van der Waals surface area contributed by atoms with E-state index < -0.39 is 0 Å². The first-order valence-electron chi connectivity index (χ1n) is 8.87. The van der Waals surface area contributed by atoms with Gasteiger partial charge in [0.15, 0.2) is 0 Å². The van der Waals surface area contributed by atoms with Gasteiger partial charge in [-0.15, -0.1) is 0 Å². The Hall–Kier alpha value is -2.66. The number of pyridine rings is 1. The second kappa shape index (κ2) is 7.70. The average Bonchev–Trinajstić information content (AvgIpc) is 2.58. The molecule has 1 aromatic heterocycles. The van der Waals surface area contributed by atoms with Crippen LogP contribution >= 0.6 is 0 Å². The number of H-pyrrole nitrogens is 1. The molecule has 0 bridgehead atoms. The van der Waals surface area contributed by atoms with Crippen LogP contribution in [-0.4, -0.2) is 29.4 Å². The topological polar surface area (TPSA) is 65.2 Å². The number of aryl methyl sites for hydroxylation is 2. The maximum absolute atomic E-state index is 12.8. The van der Waals surface area contributed by atoms with Crippen LogP contribution in [0.1, 0.15) is 38.3 Å². The van der Waals surface area contributed by atoms with E-state index in [2.05, 4.69) is 27.4 Å². The molecule has 0 saturated carbocycles. The van der Waals surface area contributed by atoms with Crippen LogP contribution in [0.5, 0.6) is 0 Å². The molecule has 2 heterocycles. The summed E-state index contributed by atoms with van der Waals surface area (Å²) >= 11 is 0. The molecule has 0 unspecified atom stereocenters. The Morgan fingerprint density at radius 1 is 1.08 bits per heavy atom. The highest BCUT2D eigenvalue weighted by molar-refractivity contribution is 5.96. The number of carbonyl (C=O) groups is 1. The van der Waals surface area contributed by atoms with Crippen LogP contribution in [0, 0.1) is 13.8 Å². The van der Waals surface area contributed by atoms with Crippen molar-refractivity contribution in [1.29, 1.82) is 0 Å². The van der Waals surface area contributed by atoms with Crippen LogP contribution in [0.3, 0.4) is 0 Å². The van der Waals surface area contributed by atoms with E-state index in [1.54, 1.807) is 0 Å². The molecular weight excluding hydrogens is 326 g/mol. The zero-order chi connectivity index (χ0) is 18.7. The average molecular weight is 351 g/mol. The molecule has 0 fully saturated rings. The Balaban J connectivity index is 2.03. The van der Waals surface area contributed by atoms with Crippen LogP contribution in [0.4, 0.5) is 0 Å². The molecule has 1 aliphatic rings. The number of likely N-dealkylation sites (N-methyl/N-ethyl adjacent to an activating group) is 1. The molecule has 1 aliphatic heterocycles. The molecule has 0 radical (unpaired) electrons. The zero-order valence-electron chi connectivity index (χ0n) is 15.6. The molecule has 5 nitrogen and oxygen atoms in total. The number of aromatic amines is 1. The molecule has 1 amide bonds. The van der Waals surface area contributed by atoms with Gasteiger partial charge in [-0.1, -0.05) is 24.3 Å². The summed E-state index contributed by atoms with van der Waals surface area (Å²) in [6.07, 6.45) is 4.94. The van der Waals surface area contributed by atoms with Gasteiger partial charge < -0.3 is 10.3 Å². The minimum atomic E-state index is -0.143. The first-order valence-corrected chi connectivity index (χ1v) is 8.87. The van der Waals surface area contributed by atoms with Crippen molar-refractivity contribution in [3.05, 3.63) is 80.3 Å². The van der Waals surface area contributed by atoms with Crippen LogP contribution in [0.15, 0.2) is 41.2 Å². The summed E-state index contributed by atoms with van der Waals surface area (Å²) in [5.41, 5.74) is 5.06. The summed E-state index contributed by atoms with van der Waals surface area (Å²) in [6.45, 7) is 5.56. The summed E-state index contributed by atoms with van der Waals surface area (Å²) in [7, 11) is 2.03. The van der Waals surface area contributed by atoms with Crippen LogP contribution in [0.2, 0.25) is 0 Å². The van der Waals surface area contributed by atoms with Crippen molar-refractivity contribution in [2.75, 3.05) is 13.6 Å². The highest BCUT2D eigenvalue weighted by Gasteiger charge is 2.16. The van der Waals surface area contributed by atoms with E-state index in [-0.39, 0.29) is 18.0 Å². The molecule has 2 aromatic rings. The molecule has 3 rings (SSSR count). The smallest absolute Gasteiger partial charge is 0.253 e. The third kappa shape index (κ3) is 3.94. The maximum Gasteiger partial charge on any atom is 0.253 e. The van der Waals surface area contributed by atoms with E-state index in [0.29, 0.717) is 17.7 Å². The summed E-state index contributed by atoms with van der Waals surface area (Å²) in [5.74, 6) is -0.143. The highest BCUT2D eigenvalue weighted by atomic mass is 16.1. The number of hydrogen-bond donors (Lipinski definition) is 2. The Morgan fingerprint density at radius 3 is 2.69 bits per heavy atom. The van der Waals surface area contributed by atoms with Gasteiger partial charge in [-0.3, -0.25) is 14.5 Å². The van der Waals surface area contributed by atoms with Gasteiger partial charge in [-0.25, -0.2) is 0 Å². The largest absolute Gasteiger partial charge is 0.348 e. The van der Waals surface area contributed by atoms with E-state index in [1.807, 2.05) is 45.2 Å². The van der Waals surface area contributed by atoms with E-state index in [0.717, 1.165) is 35.3 Å². The lowest BCUT2D eigenvalue weighted by molar-refractivity contribution is 0.0949. The van der Waals surface area contributed by atoms with E-state index in [9.17, 15) is 9.59 Å². The van der Waals surface area contributed by atoms with Gasteiger partial charge in [-0.2, -0.15) is 0 Å². The van der Waals surface area contributed by atoms with Gasteiger partial charge in [-0.05, 0) is 56.1 Å². The molecule has 0 atom stereocenters. The predicted octanol–water partition coefficient (Wildman–Crippen LogP) is 2.47. The van der Waals surface area contributed by atoms with Crippen molar-refractivity contribution >= 4 is 5.91 Å². The lowest BCUT2D eigenvalue weighted by atomic mass is 9.98. The molecule has 1 aromatic carbocycles. The monoisotopic (exact) mass is 351 g/mol. The minimum absolute atomic E-state index is 0.136.